The lowest BCUT2D eigenvalue weighted by molar-refractivity contribution is -0.132. The number of carbonyl (C=O) groups excluding carboxylic acids is 1. The summed E-state index contributed by atoms with van der Waals surface area (Å²) in [4.78, 5) is 14.5. The Balaban J connectivity index is 1.73. The second kappa shape index (κ2) is 9.11. The largest absolute Gasteiger partial charge is 0.339 e. The van der Waals surface area contributed by atoms with Crippen molar-refractivity contribution in [3.8, 4) is 11.4 Å². The van der Waals surface area contributed by atoms with Crippen LogP contribution < -0.4 is 0 Å². The molecule has 29 heavy (non-hydrogen) atoms. The number of nitrogens with zero attached hydrogens (tertiary/aromatic N) is 3. The Morgan fingerprint density at radius 2 is 1.93 bits per heavy atom. The van der Waals surface area contributed by atoms with E-state index < -0.39 is 0 Å². The highest BCUT2D eigenvalue weighted by molar-refractivity contribution is 7.71. The van der Waals surface area contributed by atoms with Crippen molar-refractivity contribution in [3.05, 3.63) is 68.4 Å². The van der Waals surface area contributed by atoms with Gasteiger partial charge in [-0.1, -0.05) is 59.1 Å². The Morgan fingerprint density at radius 3 is 2.59 bits per heavy atom. The van der Waals surface area contributed by atoms with Crippen molar-refractivity contribution >= 4 is 41.3 Å². The molecule has 0 fully saturated rings. The van der Waals surface area contributed by atoms with Gasteiger partial charge in [0.25, 0.3) is 0 Å². The number of carbonyl (C=O) groups is 1. The summed E-state index contributed by atoms with van der Waals surface area (Å²) in [5.74, 6) is 0.709. The number of hydrogen-bond donors (Lipinski definition) is 1. The van der Waals surface area contributed by atoms with Crippen LogP contribution in [0.15, 0.2) is 42.5 Å². The van der Waals surface area contributed by atoms with Gasteiger partial charge in [-0.3, -0.25) is 14.5 Å². The van der Waals surface area contributed by atoms with Gasteiger partial charge in [-0.15, -0.1) is 0 Å². The van der Waals surface area contributed by atoms with Crippen LogP contribution in [0.25, 0.3) is 11.4 Å². The van der Waals surface area contributed by atoms with Crippen LogP contribution in [-0.2, 0) is 11.3 Å². The average Bonchev–Trinajstić information content (AvgIpc) is 3.06. The third-order valence-corrected chi connectivity index (χ3v) is 5.88. The maximum atomic E-state index is 12.8. The van der Waals surface area contributed by atoms with Crippen molar-refractivity contribution in [3.63, 3.8) is 0 Å². The molecule has 3 aromatic rings. The summed E-state index contributed by atoms with van der Waals surface area (Å²) >= 11 is 17.6. The molecule has 152 valence electrons. The Bertz CT molecular complexity index is 1080. The fourth-order valence-electron chi connectivity index (χ4n) is 3.10. The Labute approximate surface area is 185 Å². The fourth-order valence-corrected chi connectivity index (χ4v) is 3.89. The molecule has 0 bridgehead atoms. The van der Waals surface area contributed by atoms with E-state index in [9.17, 15) is 4.79 Å². The Kier molecular flexibility index (Phi) is 6.77. The van der Waals surface area contributed by atoms with Crippen LogP contribution in [0.4, 0.5) is 0 Å². The lowest BCUT2D eigenvalue weighted by Crippen LogP contribution is -2.30. The van der Waals surface area contributed by atoms with E-state index in [-0.39, 0.29) is 11.9 Å². The van der Waals surface area contributed by atoms with E-state index in [2.05, 4.69) is 10.2 Å². The molecule has 5 nitrogen and oxygen atoms in total. The lowest BCUT2D eigenvalue weighted by atomic mass is 10.1. The molecule has 1 N–H and O–H groups in total. The molecule has 1 aromatic heterocycles. The SMILES string of the molecule is Cc1ccc(-c2n[nH]c(=S)n2CCC(=O)N(C)C(C)c2ccc(Cl)cc2Cl)cc1. The van der Waals surface area contributed by atoms with Crippen LogP contribution >= 0.6 is 35.4 Å². The highest BCUT2D eigenvalue weighted by Gasteiger charge is 2.20. The molecule has 0 aliphatic rings. The molecule has 1 heterocycles. The quantitative estimate of drug-likeness (QED) is 0.482. The van der Waals surface area contributed by atoms with E-state index in [1.807, 2.05) is 48.7 Å². The first-order chi connectivity index (χ1) is 13.8. The van der Waals surface area contributed by atoms with Crippen molar-refractivity contribution in [1.29, 1.82) is 0 Å². The summed E-state index contributed by atoms with van der Waals surface area (Å²) in [5.41, 5.74) is 2.97. The van der Waals surface area contributed by atoms with Gasteiger partial charge in [-0.2, -0.15) is 5.10 Å². The van der Waals surface area contributed by atoms with Crippen LogP contribution in [-0.4, -0.2) is 32.6 Å². The minimum atomic E-state index is -0.179. The van der Waals surface area contributed by atoms with Crippen LogP contribution in [0.5, 0.6) is 0 Å². The first-order valence-corrected chi connectivity index (χ1v) is 10.4. The topological polar surface area (TPSA) is 53.9 Å². The normalized spacial score (nSPS) is 12.0. The summed E-state index contributed by atoms with van der Waals surface area (Å²) in [7, 11) is 1.77. The van der Waals surface area contributed by atoms with E-state index in [1.54, 1.807) is 24.1 Å². The molecule has 0 radical (unpaired) electrons. The van der Waals surface area contributed by atoms with E-state index in [4.69, 9.17) is 35.4 Å². The molecule has 0 saturated carbocycles. The van der Waals surface area contributed by atoms with Gasteiger partial charge >= 0.3 is 0 Å². The molecule has 0 aliphatic carbocycles. The highest BCUT2D eigenvalue weighted by atomic mass is 35.5. The molecule has 2 aromatic carbocycles. The van der Waals surface area contributed by atoms with Crippen molar-refractivity contribution in [1.82, 2.24) is 19.7 Å². The number of benzene rings is 2. The van der Waals surface area contributed by atoms with Gasteiger partial charge in [-0.25, -0.2) is 0 Å². The highest BCUT2D eigenvalue weighted by Crippen LogP contribution is 2.29. The Morgan fingerprint density at radius 1 is 1.24 bits per heavy atom. The summed E-state index contributed by atoms with van der Waals surface area (Å²) in [6.07, 6.45) is 0.290. The molecule has 0 spiro atoms. The van der Waals surface area contributed by atoms with Crippen LogP contribution in [0.1, 0.15) is 30.5 Å². The minimum Gasteiger partial charge on any atom is -0.339 e. The zero-order valence-electron chi connectivity index (χ0n) is 16.4. The number of hydrogen-bond acceptors (Lipinski definition) is 3. The van der Waals surface area contributed by atoms with Crippen LogP contribution in [0.3, 0.4) is 0 Å². The number of H-pyrrole nitrogens is 1. The number of halogens is 2. The zero-order valence-corrected chi connectivity index (χ0v) is 18.8. The molecule has 1 unspecified atom stereocenters. The number of nitrogens with one attached hydrogen (secondary N) is 1. The van der Waals surface area contributed by atoms with Gasteiger partial charge in [0.2, 0.25) is 5.91 Å². The van der Waals surface area contributed by atoms with Gasteiger partial charge in [0.05, 0.1) is 6.04 Å². The summed E-state index contributed by atoms with van der Waals surface area (Å²) in [5, 5.41) is 8.27. The third kappa shape index (κ3) is 4.89. The number of aryl methyl sites for hydroxylation is 1. The lowest BCUT2D eigenvalue weighted by Gasteiger charge is -2.26. The van der Waals surface area contributed by atoms with E-state index >= 15 is 0 Å². The Hall–Kier alpha value is -2.15. The van der Waals surface area contributed by atoms with E-state index in [1.165, 1.54) is 5.56 Å². The van der Waals surface area contributed by atoms with E-state index in [0.29, 0.717) is 27.8 Å². The number of aromatic nitrogens is 3. The van der Waals surface area contributed by atoms with Crippen molar-refractivity contribution in [2.45, 2.75) is 32.9 Å². The maximum absolute atomic E-state index is 12.8. The molecule has 3 rings (SSSR count). The average molecular weight is 449 g/mol. The van der Waals surface area contributed by atoms with Crippen molar-refractivity contribution in [2.24, 2.45) is 0 Å². The summed E-state index contributed by atoms with van der Waals surface area (Å²) in [6.45, 7) is 4.40. The van der Waals surface area contributed by atoms with Crippen molar-refractivity contribution < 1.29 is 4.79 Å². The first-order valence-electron chi connectivity index (χ1n) is 9.20. The zero-order chi connectivity index (χ0) is 21.1. The number of aromatic amines is 1. The molecule has 0 aliphatic heterocycles. The fraction of sp³-hybridized carbons (Fsp3) is 0.286. The molecule has 8 heteroatoms. The van der Waals surface area contributed by atoms with Crippen molar-refractivity contribution in [2.75, 3.05) is 7.05 Å². The summed E-state index contributed by atoms with van der Waals surface area (Å²) < 4.78 is 2.34. The predicted octanol–water partition coefficient (Wildman–Crippen LogP) is 5.83. The van der Waals surface area contributed by atoms with Crippen LogP contribution in [0.2, 0.25) is 10.0 Å². The second-order valence-corrected chi connectivity index (χ2v) is 8.20. The molecule has 0 saturated heterocycles. The smallest absolute Gasteiger partial charge is 0.224 e. The number of rotatable bonds is 6. The van der Waals surface area contributed by atoms with Gasteiger partial charge in [-0.05, 0) is 43.8 Å². The second-order valence-electron chi connectivity index (χ2n) is 6.97. The molecular formula is C21H22Cl2N4OS. The van der Waals surface area contributed by atoms with Gasteiger partial charge in [0.1, 0.15) is 0 Å². The van der Waals surface area contributed by atoms with Gasteiger partial charge in [0, 0.05) is 35.6 Å². The molecule has 1 atom stereocenters. The third-order valence-electron chi connectivity index (χ3n) is 5.00. The minimum absolute atomic E-state index is 0.0125. The van der Waals surface area contributed by atoms with Crippen LogP contribution in [0, 0.1) is 11.7 Å². The molecule has 1 amide bonds. The summed E-state index contributed by atoms with van der Waals surface area (Å²) in [6, 6.07) is 13.2. The predicted molar refractivity (Wildman–Crippen MR) is 120 cm³/mol. The monoisotopic (exact) mass is 448 g/mol. The standard InChI is InChI=1S/C21H22Cl2N4OS/c1-13-4-6-15(7-5-13)20-24-25-21(29)27(20)11-10-19(28)26(3)14(2)17-9-8-16(22)12-18(17)23/h4-9,12,14H,10-11H2,1-3H3,(H,25,29). The van der Waals surface area contributed by atoms with Gasteiger partial charge in [0.15, 0.2) is 10.6 Å². The number of amides is 1. The first kappa shape index (κ1) is 21.6. The maximum Gasteiger partial charge on any atom is 0.224 e. The van der Waals surface area contributed by atoms with E-state index in [0.717, 1.165) is 17.0 Å². The van der Waals surface area contributed by atoms with Gasteiger partial charge < -0.3 is 4.90 Å². The molecular weight excluding hydrogens is 427 g/mol.